The number of likely N-dealkylation sites (N-methyl/N-ethyl adjacent to an activating group) is 1. The zero-order valence-corrected chi connectivity index (χ0v) is 17.4. The molecule has 2 rings (SSSR count). The van der Waals surface area contributed by atoms with Crippen LogP contribution in [0.5, 0.6) is 0 Å². The third-order valence-electron chi connectivity index (χ3n) is 4.19. The molecule has 0 aliphatic heterocycles. The number of sulfonamides is 1. The number of nitrogens with zero attached hydrogens (tertiary/aromatic N) is 2. The molecule has 2 N–H and O–H groups in total. The summed E-state index contributed by atoms with van der Waals surface area (Å²) in [5.41, 5.74) is 5.53. The SMILES string of the molecule is CON(C)S(=O)(=O)c1cc(C(=O)N(C)C(C(N)=O)c2cccc(F)c2)ccc1Cl. The van der Waals surface area contributed by atoms with E-state index in [9.17, 15) is 22.4 Å². The minimum atomic E-state index is -4.13. The van der Waals surface area contributed by atoms with Crippen molar-refractivity contribution in [2.75, 3.05) is 21.2 Å². The van der Waals surface area contributed by atoms with Crippen LogP contribution in [0.2, 0.25) is 5.02 Å². The molecule has 11 heteroatoms. The van der Waals surface area contributed by atoms with Gasteiger partial charge in [0.1, 0.15) is 16.8 Å². The highest BCUT2D eigenvalue weighted by atomic mass is 35.5. The molecule has 8 nitrogen and oxygen atoms in total. The van der Waals surface area contributed by atoms with Crippen molar-refractivity contribution in [3.05, 3.63) is 64.4 Å². The lowest BCUT2D eigenvalue weighted by Crippen LogP contribution is -2.39. The summed E-state index contributed by atoms with van der Waals surface area (Å²) in [5, 5.41) is -0.121. The first-order valence-electron chi connectivity index (χ1n) is 8.15. The van der Waals surface area contributed by atoms with Crippen LogP contribution in [0.3, 0.4) is 0 Å². The summed E-state index contributed by atoms with van der Waals surface area (Å²) >= 11 is 5.99. The maximum Gasteiger partial charge on any atom is 0.266 e. The van der Waals surface area contributed by atoms with E-state index in [0.29, 0.717) is 4.47 Å². The molecule has 0 bridgehead atoms. The van der Waals surface area contributed by atoms with Gasteiger partial charge in [0.15, 0.2) is 0 Å². The third-order valence-corrected chi connectivity index (χ3v) is 6.35. The number of amides is 2. The van der Waals surface area contributed by atoms with E-state index in [4.69, 9.17) is 22.2 Å². The molecule has 0 heterocycles. The molecule has 2 amide bonds. The van der Waals surface area contributed by atoms with Gasteiger partial charge in [0.2, 0.25) is 5.91 Å². The summed E-state index contributed by atoms with van der Waals surface area (Å²) in [6.07, 6.45) is 0. The van der Waals surface area contributed by atoms with E-state index >= 15 is 0 Å². The molecule has 0 aliphatic carbocycles. The van der Waals surface area contributed by atoms with Gasteiger partial charge >= 0.3 is 0 Å². The topological polar surface area (TPSA) is 110 Å². The molecule has 0 saturated heterocycles. The number of benzene rings is 2. The van der Waals surface area contributed by atoms with E-state index in [1.54, 1.807) is 0 Å². The first-order valence-corrected chi connectivity index (χ1v) is 9.97. The van der Waals surface area contributed by atoms with Crippen molar-refractivity contribution in [2.24, 2.45) is 5.73 Å². The number of halogens is 2. The van der Waals surface area contributed by atoms with Crippen molar-refractivity contribution in [1.82, 2.24) is 9.37 Å². The second kappa shape index (κ2) is 8.87. The molecule has 0 spiro atoms. The lowest BCUT2D eigenvalue weighted by Gasteiger charge is -2.26. The van der Waals surface area contributed by atoms with Gasteiger partial charge in [0.25, 0.3) is 15.9 Å². The molecule has 0 aromatic heterocycles. The average molecular weight is 444 g/mol. The largest absolute Gasteiger partial charge is 0.368 e. The van der Waals surface area contributed by atoms with E-state index in [1.807, 2.05) is 0 Å². The number of hydrogen-bond donors (Lipinski definition) is 1. The number of hydroxylamine groups is 1. The minimum Gasteiger partial charge on any atom is -0.368 e. The van der Waals surface area contributed by atoms with Gasteiger partial charge in [0, 0.05) is 19.7 Å². The molecule has 2 aromatic rings. The van der Waals surface area contributed by atoms with Crippen molar-refractivity contribution in [2.45, 2.75) is 10.9 Å². The molecule has 0 aliphatic rings. The Morgan fingerprint density at radius 2 is 1.83 bits per heavy atom. The van der Waals surface area contributed by atoms with Crippen LogP contribution in [0, 0.1) is 5.82 Å². The van der Waals surface area contributed by atoms with Gasteiger partial charge in [-0.2, -0.15) is 0 Å². The van der Waals surface area contributed by atoms with Gasteiger partial charge in [-0.1, -0.05) is 28.2 Å². The van der Waals surface area contributed by atoms with Crippen LogP contribution in [0.15, 0.2) is 47.4 Å². The smallest absolute Gasteiger partial charge is 0.266 e. The van der Waals surface area contributed by atoms with Gasteiger partial charge in [-0.25, -0.2) is 12.8 Å². The number of rotatable bonds is 7. The van der Waals surface area contributed by atoms with E-state index in [1.165, 1.54) is 44.4 Å². The maximum absolute atomic E-state index is 13.6. The monoisotopic (exact) mass is 443 g/mol. The Balaban J connectivity index is 2.48. The molecular weight excluding hydrogens is 425 g/mol. The summed E-state index contributed by atoms with van der Waals surface area (Å²) in [6, 6.07) is 7.44. The van der Waals surface area contributed by atoms with Crippen LogP contribution < -0.4 is 5.73 Å². The molecule has 1 unspecified atom stereocenters. The second-order valence-electron chi connectivity index (χ2n) is 6.02. The molecule has 0 fully saturated rings. The van der Waals surface area contributed by atoms with E-state index in [-0.39, 0.29) is 21.0 Å². The number of nitrogens with two attached hydrogens (primary N) is 1. The van der Waals surface area contributed by atoms with Crippen LogP contribution in [0.1, 0.15) is 22.0 Å². The van der Waals surface area contributed by atoms with Crippen LogP contribution in [0.4, 0.5) is 4.39 Å². The number of carbonyl (C=O) groups is 2. The predicted molar refractivity (Wildman–Crippen MR) is 104 cm³/mol. The van der Waals surface area contributed by atoms with Crippen LogP contribution >= 0.6 is 11.6 Å². The van der Waals surface area contributed by atoms with Gasteiger partial charge in [-0.05, 0) is 35.9 Å². The third kappa shape index (κ3) is 4.73. The minimum absolute atomic E-state index is 0.0670. The van der Waals surface area contributed by atoms with E-state index in [2.05, 4.69) is 0 Å². The summed E-state index contributed by atoms with van der Waals surface area (Å²) in [6.45, 7) is 0. The van der Waals surface area contributed by atoms with Crippen molar-refractivity contribution < 1.29 is 27.2 Å². The maximum atomic E-state index is 13.6. The normalized spacial score (nSPS) is 12.6. The molecule has 29 heavy (non-hydrogen) atoms. The van der Waals surface area contributed by atoms with Crippen LogP contribution in [0.25, 0.3) is 0 Å². The first kappa shape index (κ1) is 22.8. The lowest BCUT2D eigenvalue weighted by molar-refractivity contribution is -0.122. The Morgan fingerprint density at radius 1 is 1.17 bits per heavy atom. The van der Waals surface area contributed by atoms with Crippen molar-refractivity contribution in [1.29, 1.82) is 0 Å². The predicted octanol–water partition coefficient (Wildman–Crippen LogP) is 1.96. The van der Waals surface area contributed by atoms with E-state index in [0.717, 1.165) is 24.1 Å². The zero-order valence-electron chi connectivity index (χ0n) is 15.8. The highest BCUT2D eigenvalue weighted by molar-refractivity contribution is 7.89. The van der Waals surface area contributed by atoms with Gasteiger partial charge in [-0.3, -0.25) is 14.4 Å². The fraction of sp³-hybridized carbons (Fsp3) is 0.222. The molecule has 0 saturated carbocycles. The van der Waals surface area contributed by atoms with Crippen molar-refractivity contribution >= 4 is 33.4 Å². The summed E-state index contributed by atoms with van der Waals surface area (Å²) < 4.78 is 39.2. The number of hydrogen-bond acceptors (Lipinski definition) is 5. The first-order chi connectivity index (χ1) is 13.5. The lowest BCUT2D eigenvalue weighted by atomic mass is 10.0. The van der Waals surface area contributed by atoms with Crippen LogP contribution in [-0.4, -0.2) is 50.8 Å². The Hall–Kier alpha value is -2.53. The molecular formula is C18H19ClFN3O5S. The Morgan fingerprint density at radius 3 is 2.38 bits per heavy atom. The molecule has 2 aromatic carbocycles. The highest BCUT2D eigenvalue weighted by Crippen LogP contribution is 2.27. The Kier molecular flexibility index (Phi) is 6.96. The average Bonchev–Trinajstić information content (AvgIpc) is 2.66. The molecule has 1 atom stereocenters. The zero-order chi connectivity index (χ0) is 21.9. The van der Waals surface area contributed by atoms with Crippen molar-refractivity contribution in [3.63, 3.8) is 0 Å². The second-order valence-corrected chi connectivity index (χ2v) is 8.33. The van der Waals surface area contributed by atoms with Crippen LogP contribution in [-0.2, 0) is 19.7 Å². The van der Waals surface area contributed by atoms with Gasteiger partial charge in [-0.15, -0.1) is 0 Å². The summed E-state index contributed by atoms with van der Waals surface area (Å²) in [5.74, 6) is -2.20. The van der Waals surface area contributed by atoms with Gasteiger partial charge in [0.05, 0.1) is 12.1 Å². The van der Waals surface area contributed by atoms with E-state index < -0.39 is 33.7 Å². The molecule has 156 valence electrons. The Labute approximate surface area is 172 Å². The summed E-state index contributed by atoms with van der Waals surface area (Å²) in [7, 11) is -0.507. The quantitative estimate of drug-likeness (QED) is 0.658. The number of carbonyl (C=O) groups excluding carboxylic acids is 2. The summed E-state index contributed by atoms with van der Waals surface area (Å²) in [4.78, 5) is 30.2. The highest BCUT2D eigenvalue weighted by Gasteiger charge is 2.30. The fourth-order valence-electron chi connectivity index (χ4n) is 2.65. The standard InChI is InChI=1S/C18H19ClFN3O5S/c1-22(16(17(21)24)11-5-4-6-13(20)9-11)18(25)12-7-8-14(19)15(10-12)29(26,27)23(2)28-3/h4-10,16H,1-3H3,(H2,21,24). The fourth-order valence-corrected chi connectivity index (χ4v) is 4.12. The molecule has 0 radical (unpaired) electrons. The van der Waals surface area contributed by atoms with Gasteiger partial charge < -0.3 is 10.6 Å². The van der Waals surface area contributed by atoms with Crippen molar-refractivity contribution in [3.8, 4) is 0 Å². The number of primary amides is 1. The Bertz CT molecular complexity index is 1050.